The Morgan fingerprint density at radius 2 is 1.00 bits per heavy atom. The fourth-order valence-corrected chi connectivity index (χ4v) is 5.92. The van der Waals surface area contributed by atoms with Crippen molar-refractivity contribution in [1.29, 1.82) is 0 Å². The molecular weight excluding hydrogens is 534 g/mol. The van der Waals surface area contributed by atoms with E-state index in [0.717, 1.165) is 66.6 Å². The summed E-state index contributed by atoms with van der Waals surface area (Å²) in [7, 11) is 0. The van der Waals surface area contributed by atoms with Crippen molar-refractivity contribution in [2.24, 2.45) is 0 Å². The van der Waals surface area contributed by atoms with Crippen molar-refractivity contribution in [3.05, 3.63) is 164 Å². The van der Waals surface area contributed by atoms with Gasteiger partial charge in [0.15, 0.2) is 5.82 Å². The number of hydrogen-bond acceptors (Lipinski definition) is 3. The molecule has 0 fully saturated rings. The third-order valence-electron chi connectivity index (χ3n) is 8.11. The van der Waals surface area contributed by atoms with Crippen LogP contribution in [0.25, 0.3) is 77.8 Å². The van der Waals surface area contributed by atoms with Crippen LogP contribution in [-0.2, 0) is 0 Å². The maximum atomic E-state index is 5.30. The summed E-state index contributed by atoms with van der Waals surface area (Å²) in [4.78, 5) is 15.0. The topological polar surface area (TPSA) is 38.7 Å². The smallest absolute Gasteiger partial charge is 0.160 e. The van der Waals surface area contributed by atoms with Gasteiger partial charge in [-0.05, 0) is 69.4 Å². The predicted octanol–water partition coefficient (Wildman–Crippen LogP) is 10.5. The molecule has 0 aliphatic rings. The molecule has 8 aromatic rings. The lowest BCUT2D eigenvalue weighted by molar-refractivity contribution is 1.23. The molecule has 0 spiro atoms. The number of hydrogen-bond donors (Lipinski definition) is 0. The number of pyridine rings is 1. The van der Waals surface area contributed by atoms with Gasteiger partial charge in [-0.2, -0.15) is 0 Å². The molecule has 44 heavy (non-hydrogen) atoms. The molecule has 6 aromatic carbocycles. The molecule has 206 valence electrons. The molecule has 8 rings (SSSR count). The van der Waals surface area contributed by atoms with Crippen molar-refractivity contribution in [3.63, 3.8) is 0 Å². The summed E-state index contributed by atoms with van der Waals surface area (Å²) in [5.74, 6) is 0.704. The molecule has 2 heterocycles. The van der Waals surface area contributed by atoms with E-state index < -0.39 is 0 Å². The minimum Gasteiger partial charge on any atom is -0.256 e. The molecule has 0 saturated heterocycles. The van der Waals surface area contributed by atoms with E-state index in [2.05, 4.69) is 132 Å². The maximum absolute atomic E-state index is 5.30. The minimum atomic E-state index is 0.704. The molecule has 0 saturated carbocycles. The van der Waals surface area contributed by atoms with Crippen LogP contribution in [0.1, 0.15) is 0 Å². The molecule has 0 bridgehead atoms. The second-order valence-corrected chi connectivity index (χ2v) is 10.9. The third kappa shape index (κ3) is 4.81. The van der Waals surface area contributed by atoms with Crippen LogP contribution >= 0.6 is 0 Å². The molecule has 2 aromatic heterocycles. The minimum absolute atomic E-state index is 0.704. The first-order valence-electron chi connectivity index (χ1n) is 14.8. The van der Waals surface area contributed by atoms with Gasteiger partial charge < -0.3 is 0 Å². The van der Waals surface area contributed by atoms with Gasteiger partial charge in [-0.15, -0.1) is 0 Å². The van der Waals surface area contributed by atoms with Gasteiger partial charge in [0.05, 0.1) is 16.9 Å². The van der Waals surface area contributed by atoms with Crippen LogP contribution in [0, 0.1) is 0 Å². The van der Waals surface area contributed by atoms with E-state index in [1.807, 2.05) is 36.5 Å². The molecule has 0 aliphatic heterocycles. The van der Waals surface area contributed by atoms with Crippen LogP contribution < -0.4 is 0 Å². The summed E-state index contributed by atoms with van der Waals surface area (Å²) in [6.07, 6.45) is 1.83. The lowest BCUT2D eigenvalue weighted by Crippen LogP contribution is -1.97. The van der Waals surface area contributed by atoms with Crippen molar-refractivity contribution in [3.8, 4) is 56.2 Å². The Morgan fingerprint density at radius 3 is 1.73 bits per heavy atom. The van der Waals surface area contributed by atoms with Gasteiger partial charge in [-0.3, -0.25) is 4.98 Å². The van der Waals surface area contributed by atoms with Crippen molar-refractivity contribution in [2.45, 2.75) is 0 Å². The average molecular weight is 562 g/mol. The standard InChI is InChI=1S/C41H27N3/c1-3-11-28(12-4-1)33-25-34(29-18-20-31(21-19-29)37-17-9-10-24-42-37)27-35(26-33)41-43-38-23-22-30-13-7-8-16-36(30)39(38)40(44-41)32-14-5-2-6-15-32/h1-27H. The predicted molar refractivity (Wildman–Crippen MR) is 182 cm³/mol. The Kier molecular flexibility index (Phi) is 6.47. The second-order valence-electron chi connectivity index (χ2n) is 10.9. The molecular formula is C41H27N3. The Balaban J connectivity index is 1.34. The van der Waals surface area contributed by atoms with E-state index in [1.54, 1.807) is 0 Å². The number of aromatic nitrogens is 3. The fraction of sp³-hybridized carbons (Fsp3) is 0. The number of nitrogens with zero attached hydrogens (tertiary/aromatic N) is 3. The van der Waals surface area contributed by atoms with Gasteiger partial charge in [0.25, 0.3) is 0 Å². The van der Waals surface area contributed by atoms with Crippen LogP contribution in [0.2, 0.25) is 0 Å². The maximum Gasteiger partial charge on any atom is 0.160 e. The van der Waals surface area contributed by atoms with Crippen molar-refractivity contribution in [2.75, 3.05) is 0 Å². The van der Waals surface area contributed by atoms with Crippen LogP contribution in [-0.4, -0.2) is 15.0 Å². The Labute approximate surface area is 256 Å². The largest absolute Gasteiger partial charge is 0.256 e. The summed E-state index contributed by atoms with van der Waals surface area (Å²) >= 11 is 0. The number of benzene rings is 6. The van der Waals surface area contributed by atoms with Crippen molar-refractivity contribution >= 4 is 21.7 Å². The number of rotatable bonds is 5. The van der Waals surface area contributed by atoms with Crippen LogP contribution in [0.5, 0.6) is 0 Å². The molecule has 3 heteroatoms. The van der Waals surface area contributed by atoms with E-state index >= 15 is 0 Å². The summed E-state index contributed by atoms with van der Waals surface area (Å²) < 4.78 is 0. The van der Waals surface area contributed by atoms with Crippen LogP contribution in [0.15, 0.2) is 164 Å². The second kappa shape index (κ2) is 11.0. The molecule has 0 atom stereocenters. The quantitative estimate of drug-likeness (QED) is 0.196. The SMILES string of the molecule is c1ccc(-c2cc(-c3ccc(-c4ccccn4)cc3)cc(-c3nc(-c4ccccc4)c4c(ccc5ccccc54)n3)c2)cc1. The van der Waals surface area contributed by atoms with E-state index in [4.69, 9.17) is 9.97 Å². The van der Waals surface area contributed by atoms with Gasteiger partial charge in [0.2, 0.25) is 0 Å². The first-order chi connectivity index (χ1) is 21.8. The van der Waals surface area contributed by atoms with E-state index in [-0.39, 0.29) is 0 Å². The molecule has 3 nitrogen and oxygen atoms in total. The van der Waals surface area contributed by atoms with Gasteiger partial charge in [-0.1, -0.05) is 121 Å². The van der Waals surface area contributed by atoms with Gasteiger partial charge >= 0.3 is 0 Å². The molecule has 0 amide bonds. The highest BCUT2D eigenvalue weighted by molar-refractivity contribution is 6.12. The zero-order chi connectivity index (χ0) is 29.3. The third-order valence-corrected chi connectivity index (χ3v) is 8.11. The fourth-order valence-electron chi connectivity index (χ4n) is 5.92. The molecule has 0 radical (unpaired) electrons. The molecule has 0 aliphatic carbocycles. The average Bonchev–Trinajstić information content (AvgIpc) is 3.12. The Hall–Kier alpha value is -5.93. The number of fused-ring (bicyclic) bond motifs is 3. The lowest BCUT2D eigenvalue weighted by Gasteiger charge is -2.14. The monoisotopic (exact) mass is 561 g/mol. The van der Waals surface area contributed by atoms with Crippen molar-refractivity contribution in [1.82, 2.24) is 15.0 Å². The van der Waals surface area contributed by atoms with Crippen LogP contribution in [0.4, 0.5) is 0 Å². The zero-order valence-corrected chi connectivity index (χ0v) is 23.9. The van der Waals surface area contributed by atoms with E-state index in [9.17, 15) is 0 Å². The van der Waals surface area contributed by atoms with E-state index in [0.29, 0.717) is 5.82 Å². The molecule has 0 unspecified atom stereocenters. The van der Waals surface area contributed by atoms with Gasteiger partial charge in [0, 0.05) is 28.3 Å². The van der Waals surface area contributed by atoms with Crippen molar-refractivity contribution < 1.29 is 0 Å². The zero-order valence-electron chi connectivity index (χ0n) is 23.9. The van der Waals surface area contributed by atoms with Gasteiger partial charge in [-0.25, -0.2) is 9.97 Å². The first-order valence-corrected chi connectivity index (χ1v) is 14.8. The van der Waals surface area contributed by atoms with E-state index in [1.165, 1.54) is 5.39 Å². The molecule has 0 N–H and O–H groups in total. The highest BCUT2D eigenvalue weighted by Gasteiger charge is 2.16. The van der Waals surface area contributed by atoms with Gasteiger partial charge in [0.1, 0.15) is 0 Å². The normalized spacial score (nSPS) is 11.2. The lowest BCUT2D eigenvalue weighted by atomic mass is 9.94. The van der Waals surface area contributed by atoms with Crippen LogP contribution in [0.3, 0.4) is 0 Å². The summed E-state index contributed by atoms with van der Waals surface area (Å²) in [6.45, 7) is 0. The summed E-state index contributed by atoms with van der Waals surface area (Å²) in [6, 6.07) is 54.9. The summed E-state index contributed by atoms with van der Waals surface area (Å²) in [5, 5.41) is 3.40. The summed E-state index contributed by atoms with van der Waals surface area (Å²) in [5.41, 5.74) is 10.5. The first kappa shape index (κ1) is 25.8. The highest BCUT2D eigenvalue weighted by atomic mass is 14.9. The Morgan fingerprint density at radius 1 is 0.386 bits per heavy atom. The Bertz CT molecular complexity index is 2240. The highest BCUT2D eigenvalue weighted by Crippen LogP contribution is 2.37.